The normalized spacial score (nSPS) is 12.0. The molecule has 1 amide bonds. The van der Waals surface area contributed by atoms with Crippen LogP contribution < -0.4 is 4.72 Å². The first-order valence-electron chi connectivity index (χ1n) is 6.78. The molecule has 7 nitrogen and oxygen atoms in total. The van der Waals surface area contributed by atoms with Gasteiger partial charge < -0.3 is 9.84 Å². The molecule has 0 aliphatic carbocycles. The summed E-state index contributed by atoms with van der Waals surface area (Å²) < 4.78 is 30.0. The lowest BCUT2D eigenvalue weighted by Gasteiger charge is -2.19. The number of ether oxygens (including phenoxy) is 1. The van der Waals surface area contributed by atoms with Gasteiger partial charge in [0.2, 0.25) is 0 Å². The van der Waals surface area contributed by atoms with Crippen molar-refractivity contribution in [3.63, 3.8) is 0 Å². The Morgan fingerprint density at radius 3 is 1.96 bits per heavy atom. The second kappa shape index (κ2) is 8.17. The van der Waals surface area contributed by atoms with Crippen molar-refractivity contribution in [3.05, 3.63) is 16.5 Å². The van der Waals surface area contributed by atoms with E-state index in [4.69, 9.17) is 21.4 Å². The van der Waals surface area contributed by atoms with Crippen LogP contribution in [-0.4, -0.2) is 31.2 Å². The lowest BCUT2D eigenvalue weighted by atomic mass is 9.98. The summed E-state index contributed by atoms with van der Waals surface area (Å²) in [6.07, 6.45) is -1.03. The van der Waals surface area contributed by atoms with E-state index in [1.165, 1.54) is 11.4 Å². The predicted octanol–water partition coefficient (Wildman–Crippen LogP) is 3.73. The number of carboxylic acid groups (broad SMARTS) is 1. The zero-order valence-electron chi connectivity index (χ0n) is 14.3. The van der Waals surface area contributed by atoms with Gasteiger partial charge in [-0.25, -0.2) is 17.9 Å². The summed E-state index contributed by atoms with van der Waals surface area (Å²) in [4.78, 5) is 21.4. The minimum Gasteiger partial charge on any atom is -0.481 e. The Morgan fingerprint density at radius 1 is 1.21 bits per heavy atom. The quantitative estimate of drug-likeness (QED) is 0.783. The summed E-state index contributed by atoms with van der Waals surface area (Å²) in [6.45, 7) is 9.89. The summed E-state index contributed by atoms with van der Waals surface area (Å²) in [5, 5.41) is 9.84. The second-order valence-electron chi connectivity index (χ2n) is 6.72. The van der Waals surface area contributed by atoms with Gasteiger partial charge in [0.15, 0.2) is 4.21 Å². The van der Waals surface area contributed by atoms with Crippen LogP contribution in [0.3, 0.4) is 0 Å². The largest absolute Gasteiger partial charge is 0.481 e. The summed E-state index contributed by atoms with van der Waals surface area (Å²) in [5.74, 6) is -0.757. The number of carbonyl (C=O) groups is 2. The number of nitrogens with one attached hydrogen (secondary N) is 1. The van der Waals surface area contributed by atoms with Crippen LogP contribution in [0.4, 0.5) is 4.79 Å². The lowest BCUT2D eigenvalue weighted by molar-refractivity contribution is -0.145. The first-order chi connectivity index (χ1) is 10.6. The van der Waals surface area contributed by atoms with E-state index in [0.717, 1.165) is 11.3 Å². The van der Waals surface area contributed by atoms with Crippen LogP contribution in [0.15, 0.2) is 15.7 Å². The number of carboxylic acids is 1. The van der Waals surface area contributed by atoms with Crippen molar-refractivity contribution in [2.45, 2.75) is 51.4 Å². The number of thiophene rings is 1. The van der Waals surface area contributed by atoms with Crippen LogP contribution in [0.1, 0.15) is 41.5 Å². The van der Waals surface area contributed by atoms with E-state index in [1.54, 1.807) is 46.3 Å². The topological polar surface area (TPSA) is 110 Å². The van der Waals surface area contributed by atoms with Crippen LogP contribution >= 0.6 is 22.9 Å². The zero-order valence-corrected chi connectivity index (χ0v) is 16.7. The molecule has 0 saturated carbocycles. The van der Waals surface area contributed by atoms with Crippen LogP contribution in [0.2, 0.25) is 5.02 Å². The van der Waals surface area contributed by atoms with Crippen molar-refractivity contribution in [3.8, 4) is 0 Å². The summed E-state index contributed by atoms with van der Waals surface area (Å²) >= 11 is 6.61. The number of rotatable bonds is 2. The molecular formula is C14H22ClNO6S2. The van der Waals surface area contributed by atoms with Gasteiger partial charge in [0.1, 0.15) is 5.60 Å². The molecule has 0 aromatic carbocycles. The molecule has 0 fully saturated rings. The van der Waals surface area contributed by atoms with E-state index in [0.29, 0.717) is 0 Å². The number of aliphatic carboxylic acids is 1. The van der Waals surface area contributed by atoms with Crippen LogP contribution in [-0.2, 0) is 19.6 Å². The van der Waals surface area contributed by atoms with Gasteiger partial charge >= 0.3 is 12.1 Å². The molecule has 24 heavy (non-hydrogen) atoms. The Kier molecular flexibility index (Phi) is 7.72. The maximum atomic E-state index is 11.7. The van der Waals surface area contributed by atoms with Crippen molar-refractivity contribution in [2.75, 3.05) is 0 Å². The number of carbonyl (C=O) groups excluding carboxylic acids is 1. The maximum absolute atomic E-state index is 11.7. The highest BCUT2D eigenvalue weighted by molar-refractivity contribution is 7.92. The van der Waals surface area contributed by atoms with E-state index >= 15 is 0 Å². The Labute approximate surface area is 151 Å². The number of hydrogen-bond donors (Lipinski definition) is 2. The van der Waals surface area contributed by atoms with Crippen molar-refractivity contribution < 1.29 is 27.9 Å². The first-order valence-corrected chi connectivity index (χ1v) is 9.52. The van der Waals surface area contributed by atoms with Crippen LogP contribution in [0, 0.1) is 5.41 Å². The molecule has 0 aliphatic heterocycles. The molecule has 1 aromatic rings. The third-order valence-corrected chi connectivity index (χ3v) is 5.42. The average Bonchev–Trinajstić information content (AvgIpc) is 2.72. The van der Waals surface area contributed by atoms with E-state index in [9.17, 15) is 18.0 Å². The van der Waals surface area contributed by atoms with Gasteiger partial charge in [0, 0.05) is 0 Å². The summed E-state index contributed by atoms with van der Waals surface area (Å²) in [6, 6.07) is 1.44. The van der Waals surface area contributed by atoms with Crippen molar-refractivity contribution in [2.24, 2.45) is 5.41 Å². The monoisotopic (exact) mass is 399 g/mol. The van der Waals surface area contributed by atoms with Gasteiger partial charge in [-0.3, -0.25) is 4.79 Å². The van der Waals surface area contributed by atoms with Crippen LogP contribution in [0.25, 0.3) is 0 Å². The number of amides is 1. The van der Waals surface area contributed by atoms with E-state index in [-0.39, 0.29) is 9.23 Å². The molecule has 0 bridgehead atoms. The fourth-order valence-corrected chi connectivity index (χ4v) is 3.49. The molecule has 2 N–H and O–H groups in total. The molecule has 0 saturated heterocycles. The van der Waals surface area contributed by atoms with E-state index in [2.05, 4.69) is 0 Å². The highest BCUT2D eigenvalue weighted by Crippen LogP contribution is 2.26. The molecule has 1 heterocycles. The SMILES string of the molecule is CC(C)(C)C(=O)O.CC(C)(C)OC(=O)NS(=O)(=O)c1sccc1Cl. The number of hydrogen-bond acceptors (Lipinski definition) is 6. The number of halogens is 1. The predicted molar refractivity (Wildman–Crippen MR) is 93.0 cm³/mol. The molecule has 0 atom stereocenters. The molecule has 0 aliphatic rings. The molecule has 1 rings (SSSR count). The van der Waals surface area contributed by atoms with Crippen LogP contribution in [0.5, 0.6) is 0 Å². The Bertz CT molecular complexity index is 683. The Balaban J connectivity index is 0.000000640. The standard InChI is InChI=1S/C9H12ClNO4S2.C5H10O2/c1-9(2,3)15-8(12)11-17(13,14)7-6(10)4-5-16-7;1-5(2,3)4(6)7/h4-5H,1-3H3,(H,11,12);1-3H3,(H,6,7). The lowest BCUT2D eigenvalue weighted by Crippen LogP contribution is -2.36. The molecule has 0 unspecified atom stereocenters. The highest BCUT2D eigenvalue weighted by Gasteiger charge is 2.25. The van der Waals surface area contributed by atoms with Crippen molar-refractivity contribution in [1.82, 2.24) is 4.72 Å². The van der Waals surface area contributed by atoms with E-state index in [1.807, 2.05) is 0 Å². The highest BCUT2D eigenvalue weighted by atomic mass is 35.5. The summed E-state index contributed by atoms with van der Waals surface area (Å²) in [7, 11) is -3.96. The number of sulfonamides is 1. The molecule has 0 radical (unpaired) electrons. The minimum absolute atomic E-state index is 0.0751. The maximum Gasteiger partial charge on any atom is 0.421 e. The smallest absolute Gasteiger partial charge is 0.421 e. The fourth-order valence-electron chi connectivity index (χ4n) is 0.927. The Morgan fingerprint density at radius 2 is 1.67 bits per heavy atom. The zero-order chi connectivity index (χ0) is 19.3. The minimum atomic E-state index is -3.96. The van der Waals surface area contributed by atoms with Gasteiger partial charge in [-0.15, -0.1) is 11.3 Å². The van der Waals surface area contributed by atoms with Gasteiger partial charge in [-0.2, -0.15) is 0 Å². The van der Waals surface area contributed by atoms with Gasteiger partial charge in [0.25, 0.3) is 10.0 Å². The van der Waals surface area contributed by atoms with Gasteiger partial charge in [-0.1, -0.05) is 11.6 Å². The summed E-state index contributed by atoms with van der Waals surface area (Å²) in [5.41, 5.74) is -1.35. The Hall–Kier alpha value is -1.32. The third kappa shape index (κ3) is 8.51. The third-order valence-electron chi connectivity index (χ3n) is 2.09. The van der Waals surface area contributed by atoms with Crippen molar-refractivity contribution in [1.29, 1.82) is 0 Å². The van der Waals surface area contributed by atoms with Crippen molar-refractivity contribution >= 4 is 45.0 Å². The fraction of sp³-hybridized carbons (Fsp3) is 0.571. The van der Waals surface area contributed by atoms with Gasteiger partial charge in [0.05, 0.1) is 10.4 Å². The molecule has 10 heteroatoms. The molecule has 1 aromatic heterocycles. The molecular weight excluding hydrogens is 378 g/mol. The average molecular weight is 400 g/mol. The second-order valence-corrected chi connectivity index (χ2v) is 9.92. The van der Waals surface area contributed by atoms with Gasteiger partial charge in [-0.05, 0) is 53.0 Å². The molecule has 0 spiro atoms. The first kappa shape index (κ1) is 22.7. The van der Waals surface area contributed by atoms with E-state index < -0.39 is 33.1 Å². The molecule has 138 valence electrons.